The van der Waals surface area contributed by atoms with Gasteiger partial charge in [-0.3, -0.25) is 4.90 Å². The van der Waals surface area contributed by atoms with Crippen LogP contribution < -0.4 is 5.32 Å². The van der Waals surface area contributed by atoms with E-state index in [1.165, 1.54) is 0 Å². The molecule has 1 rings (SSSR count). The van der Waals surface area contributed by atoms with Crippen molar-refractivity contribution >= 4 is 0 Å². The summed E-state index contributed by atoms with van der Waals surface area (Å²) >= 11 is 0. The Hall–Kier alpha value is -0.290. The van der Waals surface area contributed by atoms with Crippen LogP contribution in [0.1, 0.15) is 52.9 Å². The van der Waals surface area contributed by atoms with E-state index in [2.05, 4.69) is 31.0 Å². The summed E-state index contributed by atoms with van der Waals surface area (Å²) in [7, 11) is 0. The van der Waals surface area contributed by atoms with E-state index < -0.39 is 12.6 Å². The Morgan fingerprint density at radius 1 is 1.26 bits per heavy atom. The zero-order chi connectivity index (χ0) is 14.5. The molecule has 114 valence electrons. The molecular weight excluding hydrogens is 253 g/mol. The minimum atomic E-state index is -4.01. The molecule has 0 aliphatic carbocycles. The summed E-state index contributed by atoms with van der Waals surface area (Å²) in [4.78, 5) is 2.37. The molecule has 1 fully saturated rings. The lowest BCUT2D eigenvalue weighted by Crippen LogP contribution is -2.62. The predicted octanol–water partition coefficient (Wildman–Crippen LogP) is 3.57. The lowest BCUT2D eigenvalue weighted by Gasteiger charge is -2.46. The highest BCUT2D eigenvalue weighted by Crippen LogP contribution is 2.24. The molecule has 0 aromatic carbocycles. The van der Waals surface area contributed by atoms with Gasteiger partial charge in [0, 0.05) is 31.1 Å². The topological polar surface area (TPSA) is 15.3 Å². The van der Waals surface area contributed by atoms with Crippen molar-refractivity contribution in [1.29, 1.82) is 0 Å². The lowest BCUT2D eigenvalue weighted by atomic mass is 9.92. The van der Waals surface area contributed by atoms with Crippen molar-refractivity contribution in [1.82, 2.24) is 10.2 Å². The predicted molar refractivity (Wildman–Crippen MR) is 72.3 cm³/mol. The van der Waals surface area contributed by atoms with Crippen molar-refractivity contribution in [3.63, 3.8) is 0 Å². The fourth-order valence-electron chi connectivity index (χ4n) is 2.67. The number of alkyl halides is 3. The van der Waals surface area contributed by atoms with E-state index >= 15 is 0 Å². The Bertz CT molecular complexity index is 268. The molecule has 0 saturated carbocycles. The van der Waals surface area contributed by atoms with Crippen molar-refractivity contribution < 1.29 is 13.2 Å². The number of piperazine rings is 1. The molecule has 0 radical (unpaired) electrons. The van der Waals surface area contributed by atoms with Crippen LogP contribution in [0.5, 0.6) is 0 Å². The van der Waals surface area contributed by atoms with Gasteiger partial charge < -0.3 is 5.32 Å². The molecule has 19 heavy (non-hydrogen) atoms. The Labute approximate surface area is 114 Å². The van der Waals surface area contributed by atoms with Gasteiger partial charge in [0.15, 0.2) is 0 Å². The van der Waals surface area contributed by atoms with E-state index in [1.54, 1.807) is 0 Å². The first kappa shape index (κ1) is 16.8. The zero-order valence-electron chi connectivity index (χ0n) is 12.3. The van der Waals surface area contributed by atoms with Crippen molar-refractivity contribution in [3.05, 3.63) is 0 Å². The summed E-state index contributed by atoms with van der Waals surface area (Å²) in [5.41, 5.74) is 0.107. The molecular formula is C14H27F3N2. The Morgan fingerprint density at radius 2 is 1.95 bits per heavy atom. The molecule has 0 aromatic heterocycles. The number of nitrogens with one attached hydrogen (secondary N) is 1. The highest BCUT2D eigenvalue weighted by molar-refractivity contribution is 4.93. The van der Waals surface area contributed by atoms with Gasteiger partial charge in [-0.1, -0.05) is 13.8 Å². The van der Waals surface area contributed by atoms with Gasteiger partial charge in [-0.25, -0.2) is 0 Å². The highest BCUT2D eigenvalue weighted by Gasteiger charge is 2.33. The van der Waals surface area contributed by atoms with Gasteiger partial charge >= 0.3 is 6.18 Å². The van der Waals surface area contributed by atoms with Crippen molar-refractivity contribution in [2.75, 3.05) is 19.6 Å². The molecule has 1 saturated heterocycles. The Kier molecular flexibility index (Phi) is 6.12. The van der Waals surface area contributed by atoms with Crippen LogP contribution in [-0.4, -0.2) is 42.3 Å². The standard InChI is InChI=1S/C14H27F3N2/c1-4-12-10-18-13(3,5-2)11-19(12)9-7-6-8-14(15,16)17/h12,18H,4-11H2,1-3H3. The molecule has 0 bridgehead atoms. The smallest absolute Gasteiger partial charge is 0.309 e. The van der Waals surface area contributed by atoms with Crippen LogP contribution in [-0.2, 0) is 0 Å². The highest BCUT2D eigenvalue weighted by atomic mass is 19.4. The summed E-state index contributed by atoms with van der Waals surface area (Å²) in [6.45, 7) is 9.16. The number of halogens is 3. The van der Waals surface area contributed by atoms with Gasteiger partial charge in [0.2, 0.25) is 0 Å². The third-order valence-corrected chi connectivity index (χ3v) is 4.24. The maximum Gasteiger partial charge on any atom is 0.389 e. The van der Waals surface area contributed by atoms with Gasteiger partial charge in [-0.2, -0.15) is 13.2 Å². The van der Waals surface area contributed by atoms with Crippen LogP contribution in [0, 0.1) is 0 Å². The normalized spacial score (nSPS) is 29.7. The van der Waals surface area contributed by atoms with Crippen LogP contribution >= 0.6 is 0 Å². The molecule has 0 amide bonds. The molecule has 1 N–H and O–H groups in total. The second-order valence-corrected chi connectivity index (χ2v) is 5.90. The molecule has 2 unspecified atom stereocenters. The molecule has 0 spiro atoms. The first-order chi connectivity index (χ1) is 8.79. The van der Waals surface area contributed by atoms with Gasteiger partial charge in [0.05, 0.1) is 0 Å². The van der Waals surface area contributed by atoms with Crippen molar-refractivity contribution in [2.45, 2.75) is 70.6 Å². The summed E-state index contributed by atoms with van der Waals surface area (Å²) in [5, 5.41) is 3.57. The van der Waals surface area contributed by atoms with E-state index in [4.69, 9.17) is 0 Å². The van der Waals surface area contributed by atoms with E-state index in [9.17, 15) is 13.2 Å². The van der Waals surface area contributed by atoms with Crippen LogP contribution in [0.4, 0.5) is 13.2 Å². The SMILES string of the molecule is CCC1CNC(C)(CC)CN1CCCCC(F)(F)F. The molecule has 5 heteroatoms. The number of nitrogens with zero attached hydrogens (tertiary/aromatic N) is 1. The summed E-state index contributed by atoms with van der Waals surface area (Å²) < 4.78 is 36.4. The maximum atomic E-state index is 12.1. The van der Waals surface area contributed by atoms with Crippen LogP contribution in [0.15, 0.2) is 0 Å². The van der Waals surface area contributed by atoms with Gasteiger partial charge in [-0.05, 0) is 39.2 Å². The van der Waals surface area contributed by atoms with Gasteiger partial charge in [-0.15, -0.1) is 0 Å². The van der Waals surface area contributed by atoms with E-state index in [0.29, 0.717) is 12.5 Å². The van der Waals surface area contributed by atoms with Gasteiger partial charge in [0.1, 0.15) is 0 Å². The number of hydrogen-bond donors (Lipinski definition) is 1. The molecule has 0 aromatic rings. The third-order valence-electron chi connectivity index (χ3n) is 4.24. The second-order valence-electron chi connectivity index (χ2n) is 5.90. The van der Waals surface area contributed by atoms with Crippen LogP contribution in [0.25, 0.3) is 0 Å². The average molecular weight is 280 g/mol. The molecule has 2 nitrogen and oxygen atoms in total. The fraction of sp³-hybridized carbons (Fsp3) is 1.00. The zero-order valence-corrected chi connectivity index (χ0v) is 12.3. The van der Waals surface area contributed by atoms with E-state index in [0.717, 1.165) is 32.5 Å². The number of hydrogen-bond acceptors (Lipinski definition) is 2. The summed E-state index contributed by atoms with van der Waals surface area (Å²) in [5.74, 6) is 0. The van der Waals surface area contributed by atoms with Gasteiger partial charge in [0.25, 0.3) is 0 Å². The third kappa shape index (κ3) is 5.69. The first-order valence-electron chi connectivity index (χ1n) is 7.35. The quantitative estimate of drug-likeness (QED) is 0.748. The molecule has 1 aliphatic rings. The Balaban J connectivity index is 2.39. The minimum Gasteiger partial charge on any atom is -0.309 e. The summed E-state index contributed by atoms with van der Waals surface area (Å²) in [6, 6.07) is 0.463. The fourth-order valence-corrected chi connectivity index (χ4v) is 2.67. The summed E-state index contributed by atoms with van der Waals surface area (Å²) in [6.07, 6.45) is -1.69. The van der Waals surface area contributed by atoms with E-state index in [-0.39, 0.29) is 12.0 Å². The molecule has 1 heterocycles. The van der Waals surface area contributed by atoms with Crippen LogP contribution in [0.3, 0.4) is 0 Å². The maximum absolute atomic E-state index is 12.1. The number of rotatable bonds is 6. The Morgan fingerprint density at radius 3 is 2.47 bits per heavy atom. The second kappa shape index (κ2) is 6.93. The number of unbranched alkanes of at least 4 members (excludes halogenated alkanes) is 1. The lowest BCUT2D eigenvalue weighted by molar-refractivity contribution is -0.135. The largest absolute Gasteiger partial charge is 0.389 e. The average Bonchev–Trinajstić information content (AvgIpc) is 2.34. The van der Waals surface area contributed by atoms with E-state index in [1.807, 2.05) is 0 Å². The molecule has 2 atom stereocenters. The monoisotopic (exact) mass is 280 g/mol. The van der Waals surface area contributed by atoms with Crippen LogP contribution in [0.2, 0.25) is 0 Å². The van der Waals surface area contributed by atoms with Crippen molar-refractivity contribution in [3.8, 4) is 0 Å². The first-order valence-corrected chi connectivity index (χ1v) is 7.35. The minimum absolute atomic E-state index is 0.107. The molecule has 1 aliphatic heterocycles. The van der Waals surface area contributed by atoms with Crippen molar-refractivity contribution in [2.24, 2.45) is 0 Å².